The van der Waals surface area contributed by atoms with Crippen LogP contribution in [0.2, 0.25) is 0 Å². The van der Waals surface area contributed by atoms with Gasteiger partial charge in [-0.25, -0.2) is 0 Å². The molecule has 0 aromatic heterocycles. The van der Waals surface area contributed by atoms with Crippen LogP contribution < -0.4 is 0 Å². The van der Waals surface area contributed by atoms with Crippen molar-refractivity contribution in [3.8, 4) is 0 Å². The molecular formula is C18H39ClS. The standard InChI is InChI=1S/C18H38S.ClH/c1-4-5-6-7-8-9-10-11-12-13-14-15-16-17-18(2,3)19;/h19H,4-17H2,1-3H3;1H. The van der Waals surface area contributed by atoms with E-state index in [1.807, 2.05) is 0 Å². The first-order valence-electron chi connectivity index (χ1n) is 8.78. The van der Waals surface area contributed by atoms with Crippen molar-refractivity contribution in [2.75, 3.05) is 0 Å². The molecule has 0 bridgehead atoms. The smallest absolute Gasteiger partial charge is 0.00731 e. The second-order valence-electron chi connectivity index (χ2n) is 6.81. The average Bonchev–Trinajstić information content (AvgIpc) is 2.34. The third-order valence-electron chi connectivity index (χ3n) is 3.89. The molecule has 0 amide bonds. The molecular weight excluding hydrogens is 284 g/mol. The minimum absolute atomic E-state index is 0. The number of thiol groups is 1. The van der Waals surface area contributed by atoms with Crippen LogP contribution in [0.5, 0.6) is 0 Å². The highest BCUT2D eigenvalue weighted by Crippen LogP contribution is 2.21. The predicted molar refractivity (Wildman–Crippen MR) is 101 cm³/mol. The highest BCUT2D eigenvalue weighted by Gasteiger charge is 2.09. The molecule has 0 fully saturated rings. The zero-order valence-electron chi connectivity index (χ0n) is 14.3. The van der Waals surface area contributed by atoms with Gasteiger partial charge in [-0.05, 0) is 6.42 Å². The van der Waals surface area contributed by atoms with Gasteiger partial charge in [0.2, 0.25) is 0 Å². The Morgan fingerprint density at radius 1 is 0.600 bits per heavy atom. The lowest BCUT2D eigenvalue weighted by molar-refractivity contribution is 0.521. The fourth-order valence-electron chi connectivity index (χ4n) is 2.58. The summed E-state index contributed by atoms with van der Waals surface area (Å²) < 4.78 is 0.234. The van der Waals surface area contributed by atoms with E-state index in [9.17, 15) is 0 Å². The van der Waals surface area contributed by atoms with Gasteiger partial charge in [0.15, 0.2) is 0 Å². The molecule has 0 saturated heterocycles. The quantitative estimate of drug-likeness (QED) is 0.247. The van der Waals surface area contributed by atoms with E-state index in [1.54, 1.807) is 0 Å². The van der Waals surface area contributed by atoms with Crippen LogP contribution in [-0.4, -0.2) is 4.75 Å². The molecule has 0 aliphatic heterocycles. The van der Waals surface area contributed by atoms with Crippen molar-refractivity contribution in [2.24, 2.45) is 0 Å². The molecule has 0 spiro atoms. The zero-order valence-corrected chi connectivity index (χ0v) is 16.0. The Morgan fingerprint density at radius 2 is 0.900 bits per heavy atom. The van der Waals surface area contributed by atoms with Crippen LogP contribution in [0, 0.1) is 0 Å². The molecule has 0 aliphatic rings. The van der Waals surface area contributed by atoms with Crippen molar-refractivity contribution in [2.45, 2.75) is 115 Å². The van der Waals surface area contributed by atoms with E-state index in [0.29, 0.717) is 0 Å². The summed E-state index contributed by atoms with van der Waals surface area (Å²) in [5.74, 6) is 0. The minimum Gasteiger partial charge on any atom is -0.173 e. The van der Waals surface area contributed by atoms with Gasteiger partial charge in [0.1, 0.15) is 0 Å². The maximum atomic E-state index is 4.57. The SMILES string of the molecule is CCCCCCCCCCCCCCCC(C)(C)S.Cl. The normalized spacial score (nSPS) is 11.4. The highest BCUT2D eigenvalue weighted by atomic mass is 35.5. The van der Waals surface area contributed by atoms with Gasteiger partial charge in [-0.2, -0.15) is 12.6 Å². The van der Waals surface area contributed by atoms with Crippen molar-refractivity contribution < 1.29 is 0 Å². The third kappa shape index (κ3) is 20.9. The Labute approximate surface area is 140 Å². The Balaban J connectivity index is 0. The van der Waals surface area contributed by atoms with E-state index in [0.717, 1.165) is 0 Å². The lowest BCUT2D eigenvalue weighted by Gasteiger charge is -2.16. The van der Waals surface area contributed by atoms with Gasteiger partial charge in [-0.3, -0.25) is 0 Å². The minimum atomic E-state index is 0. The number of halogens is 1. The molecule has 0 nitrogen and oxygen atoms in total. The molecule has 2 heteroatoms. The summed E-state index contributed by atoms with van der Waals surface area (Å²) >= 11 is 4.57. The molecule has 0 radical (unpaired) electrons. The Morgan fingerprint density at radius 3 is 1.20 bits per heavy atom. The molecule has 0 atom stereocenters. The Kier molecular flexibility index (Phi) is 18.4. The third-order valence-corrected chi connectivity index (χ3v) is 4.12. The summed E-state index contributed by atoms with van der Waals surface area (Å²) in [7, 11) is 0. The molecule has 0 N–H and O–H groups in total. The summed E-state index contributed by atoms with van der Waals surface area (Å²) in [4.78, 5) is 0. The van der Waals surface area contributed by atoms with E-state index in [1.165, 1.54) is 89.9 Å². The number of hydrogen-bond donors (Lipinski definition) is 1. The maximum Gasteiger partial charge on any atom is 0.00731 e. The summed E-state index contributed by atoms with van der Waals surface area (Å²) in [5.41, 5.74) is 0. The van der Waals surface area contributed by atoms with Crippen LogP contribution in [0.3, 0.4) is 0 Å². The second-order valence-corrected chi connectivity index (χ2v) is 8.02. The van der Waals surface area contributed by atoms with E-state index >= 15 is 0 Å². The van der Waals surface area contributed by atoms with Crippen molar-refractivity contribution in [1.82, 2.24) is 0 Å². The first-order chi connectivity index (χ1) is 9.06. The van der Waals surface area contributed by atoms with Gasteiger partial charge in [0.25, 0.3) is 0 Å². The fraction of sp³-hybridized carbons (Fsp3) is 1.00. The molecule has 0 unspecified atom stereocenters. The van der Waals surface area contributed by atoms with Gasteiger partial charge >= 0.3 is 0 Å². The molecule has 0 rings (SSSR count). The molecule has 0 saturated carbocycles. The number of rotatable bonds is 14. The van der Waals surface area contributed by atoms with Gasteiger partial charge < -0.3 is 0 Å². The lowest BCUT2D eigenvalue weighted by Crippen LogP contribution is -2.09. The van der Waals surface area contributed by atoms with Crippen molar-refractivity contribution in [3.63, 3.8) is 0 Å². The van der Waals surface area contributed by atoms with Gasteiger partial charge in [-0.1, -0.05) is 104 Å². The second kappa shape index (κ2) is 16.0. The van der Waals surface area contributed by atoms with Crippen LogP contribution in [0.4, 0.5) is 0 Å². The summed E-state index contributed by atoms with van der Waals surface area (Å²) in [6.45, 7) is 6.73. The Hall–Kier alpha value is 0.640. The van der Waals surface area contributed by atoms with Crippen molar-refractivity contribution in [3.05, 3.63) is 0 Å². The lowest BCUT2D eigenvalue weighted by atomic mass is 10.0. The largest absolute Gasteiger partial charge is 0.173 e. The number of unbranched alkanes of at least 4 members (excludes halogenated alkanes) is 12. The first kappa shape index (κ1) is 22.9. The molecule has 0 aliphatic carbocycles. The first-order valence-corrected chi connectivity index (χ1v) is 9.23. The molecule has 0 aromatic rings. The van der Waals surface area contributed by atoms with Crippen molar-refractivity contribution in [1.29, 1.82) is 0 Å². The molecule has 0 aromatic carbocycles. The number of hydrogen-bond acceptors (Lipinski definition) is 1. The molecule has 20 heavy (non-hydrogen) atoms. The van der Waals surface area contributed by atoms with Crippen LogP contribution in [0.15, 0.2) is 0 Å². The summed E-state index contributed by atoms with van der Waals surface area (Å²) in [6.07, 6.45) is 19.9. The van der Waals surface area contributed by atoms with E-state index in [-0.39, 0.29) is 17.2 Å². The predicted octanol–water partition coefficient (Wildman–Crippen LogP) is 7.60. The van der Waals surface area contributed by atoms with Crippen LogP contribution in [0.1, 0.15) is 111 Å². The highest BCUT2D eigenvalue weighted by molar-refractivity contribution is 7.81. The van der Waals surface area contributed by atoms with Gasteiger partial charge in [-0.15, -0.1) is 12.4 Å². The van der Waals surface area contributed by atoms with Crippen LogP contribution >= 0.6 is 25.0 Å². The monoisotopic (exact) mass is 322 g/mol. The molecule has 124 valence electrons. The summed E-state index contributed by atoms with van der Waals surface area (Å²) in [6, 6.07) is 0. The van der Waals surface area contributed by atoms with E-state index < -0.39 is 0 Å². The van der Waals surface area contributed by atoms with E-state index in [2.05, 4.69) is 33.4 Å². The zero-order chi connectivity index (χ0) is 14.4. The van der Waals surface area contributed by atoms with Crippen LogP contribution in [0.25, 0.3) is 0 Å². The van der Waals surface area contributed by atoms with Crippen molar-refractivity contribution >= 4 is 25.0 Å². The van der Waals surface area contributed by atoms with E-state index in [4.69, 9.17) is 0 Å². The van der Waals surface area contributed by atoms with Gasteiger partial charge in [0.05, 0.1) is 0 Å². The Bertz CT molecular complexity index is 175. The van der Waals surface area contributed by atoms with Gasteiger partial charge in [0, 0.05) is 4.75 Å². The maximum absolute atomic E-state index is 4.57. The topological polar surface area (TPSA) is 0 Å². The summed E-state index contributed by atoms with van der Waals surface area (Å²) in [5, 5.41) is 0. The van der Waals surface area contributed by atoms with Crippen LogP contribution in [-0.2, 0) is 0 Å². The fourth-order valence-corrected chi connectivity index (χ4v) is 2.73. The molecule has 0 heterocycles. The average molecular weight is 323 g/mol.